The van der Waals surface area contributed by atoms with Crippen LogP contribution in [0, 0.1) is 13.8 Å². The van der Waals surface area contributed by atoms with Crippen molar-refractivity contribution in [3.05, 3.63) is 51.9 Å². The van der Waals surface area contributed by atoms with E-state index in [1.165, 1.54) is 5.56 Å². The van der Waals surface area contributed by atoms with Gasteiger partial charge in [-0.1, -0.05) is 25.4 Å². The number of benzene rings is 1. The Labute approximate surface area is 166 Å². The molecule has 1 fully saturated rings. The Bertz CT molecular complexity index is 820. The fourth-order valence-corrected chi connectivity index (χ4v) is 3.85. The quantitative estimate of drug-likeness (QED) is 0.792. The Morgan fingerprint density at radius 3 is 2.41 bits per heavy atom. The number of hydrogen-bond donors (Lipinski definition) is 0. The fraction of sp³-hybridized carbons (Fsp3) is 0.476. The molecule has 6 heteroatoms. The van der Waals surface area contributed by atoms with Crippen molar-refractivity contribution in [2.45, 2.75) is 40.0 Å². The molecule has 1 aromatic carbocycles. The van der Waals surface area contributed by atoms with Crippen LogP contribution in [0.5, 0.6) is 0 Å². The summed E-state index contributed by atoms with van der Waals surface area (Å²) in [5, 5.41) is 0.643. The van der Waals surface area contributed by atoms with Crippen LogP contribution in [0.15, 0.2) is 24.3 Å². The molecule has 27 heavy (non-hydrogen) atoms. The van der Waals surface area contributed by atoms with Crippen LogP contribution in [0.2, 0.25) is 5.02 Å². The Morgan fingerprint density at radius 2 is 1.74 bits per heavy atom. The highest BCUT2D eigenvalue weighted by Gasteiger charge is 2.24. The van der Waals surface area contributed by atoms with Gasteiger partial charge in [0.1, 0.15) is 11.6 Å². The number of aryl methyl sites for hydroxylation is 2. The second-order valence-electron chi connectivity index (χ2n) is 7.39. The van der Waals surface area contributed by atoms with Gasteiger partial charge in [-0.05, 0) is 50.5 Å². The number of carbonyl (C=O) groups is 1. The van der Waals surface area contributed by atoms with Crippen LogP contribution in [-0.4, -0.2) is 47.0 Å². The van der Waals surface area contributed by atoms with Gasteiger partial charge in [0, 0.05) is 48.0 Å². The van der Waals surface area contributed by atoms with Crippen LogP contribution in [0.4, 0.5) is 5.82 Å². The van der Waals surface area contributed by atoms with Crippen molar-refractivity contribution in [1.82, 2.24) is 14.9 Å². The molecule has 2 heterocycles. The molecule has 144 valence electrons. The van der Waals surface area contributed by atoms with Gasteiger partial charge in [-0.3, -0.25) is 4.79 Å². The summed E-state index contributed by atoms with van der Waals surface area (Å²) < 4.78 is 0. The summed E-state index contributed by atoms with van der Waals surface area (Å²) in [6, 6.07) is 7.11. The second-order valence-corrected chi connectivity index (χ2v) is 7.82. The van der Waals surface area contributed by atoms with E-state index < -0.39 is 0 Å². The first-order valence-corrected chi connectivity index (χ1v) is 9.89. The van der Waals surface area contributed by atoms with E-state index in [1.807, 2.05) is 11.8 Å². The van der Waals surface area contributed by atoms with Gasteiger partial charge in [-0.25, -0.2) is 9.97 Å². The van der Waals surface area contributed by atoms with E-state index in [0.717, 1.165) is 43.4 Å². The molecule has 1 amide bonds. The third-order valence-corrected chi connectivity index (χ3v) is 5.23. The Morgan fingerprint density at radius 1 is 1.04 bits per heavy atom. The minimum Gasteiger partial charge on any atom is -0.354 e. The Hall–Kier alpha value is -2.14. The van der Waals surface area contributed by atoms with Crippen molar-refractivity contribution in [2.24, 2.45) is 0 Å². The predicted molar refractivity (Wildman–Crippen MR) is 110 cm³/mol. The standard InChI is InChI=1S/C21H27ClN4O/c1-14(2)19-15(3)23-16(4)24-20(19)25-10-5-11-26(13-12-25)21(27)17-6-8-18(22)9-7-17/h6-9,14H,5,10-13H2,1-4H3. The summed E-state index contributed by atoms with van der Waals surface area (Å²) in [7, 11) is 0. The lowest BCUT2D eigenvalue weighted by atomic mass is 10.0. The highest BCUT2D eigenvalue weighted by Crippen LogP contribution is 2.29. The molecule has 1 aliphatic heterocycles. The maximum atomic E-state index is 12.8. The molecule has 0 atom stereocenters. The summed E-state index contributed by atoms with van der Waals surface area (Å²) in [5.41, 5.74) is 2.94. The van der Waals surface area contributed by atoms with Crippen LogP contribution in [-0.2, 0) is 0 Å². The van der Waals surface area contributed by atoms with Gasteiger partial charge in [-0.15, -0.1) is 0 Å². The number of carbonyl (C=O) groups excluding carboxylic acids is 1. The third kappa shape index (κ3) is 4.41. The zero-order valence-corrected chi connectivity index (χ0v) is 17.3. The molecule has 3 rings (SSSR count). The van der Waals surface area contributed by atoms with Crippen molar-refractivity contribution in [2.75, 3.05) is 31.1 Å². The zero-order valence-electron chi connectivity index (χ0n) is 16.5. The lowest BCUT2D eigenvalue weighted by Gasteiger charge is -2.27. The van der Waals surface area contributed by atoms with Crippen LogP contribution in [0.1, 0.15) is 53.6 Å². The first-order valence-electron chi connectivity index (χ1n) is 9.51. The monoisotopic (exact) mass is 386 g/mol. The molecule has 0 spiro atoms. The number of halogens is 1. The minimum atomic E-state index is 0.0626. The average molecular weight is 387 g/mol. The number of anilines is 1. The molecule has 1 aromatic heterocycles. The van der Waals surface area contributed by atoms with Crippen molar-refractivity contribution in [3.63, 3.8) is 0 Å². The van der Waals surface area contributed by atoms with Gasteiger partial charge in [0.2, 0.25) is 0 Å². The molecule has 0 bridgehead atoms. The van der Waals surface area contributed by atoms with E-state index in [2.05, 4.69) is 30.7 Å². The predicted octanol–water partition coefficient (Wildman–Crippen LogP) is 4.22. The van der Waals surface area contributed by atoms with Crippen molar-refractivity contribution < 1.29 is 4.79 Å². The van der Waals surface area contributed by atoms with Crippen molar-refractivity contribution >= 4 is 23.3 Å². The largest absolute Gasteiger partial charge is 0.354 e. The summed E-state index contributed by atoms with van der Waals surface area (Å²) in [5.74, 6) is 2.24. The number of amides is 1. The van der Waals surface area contributed by atoms with E-state index in [9.17, 15) is 4.79 Å². The summed E-state index contributed by atoms with van der Waals surface area (Å²) in [4.78, 5) is 26.4. The summed E-state index contributed by atoms with van der Waals surface area (Å²) >= 11 is 5.94. The van der Waals surface area contributed by atoms with Crippen LogP contribution in [0.25, 0.3) is 0 Å². The number of rotatable bonds is 3. The van der Waals surface area contributed by atoms with Crippen LogP contribution < -0.4 is 4.90 Å². The highest BCUT2D eigenvalue weighted by atomic mass is 35.5. The van der Waals surface area contributed by atoms with Gasteiger partial charge in [0.25, 0.3) is 5.91 Å². The molecule has 0 saturated carbocycles. The van der Waals surface area contributed by atoms with Gasteiger partial charge in [0.05, 0.1) is 0 Å². The van der Waals surface area contributed by atoms with E-state index >= 15 is 0 Å². The molecule has 1 aliphatic rings. The molecule has 0 unspecified atom stereocenters. The molecular weight excluding hydrogens is 360 g/mol. The molecule has 5 nitrogen and oxygen atoms in total. The third-order valence-electron chi connectivity index (χ3n) is 4.98. The zero-order chi connectivity index (χ0) is 19.6. The highest BCUT2D eigenvalue weighted by molar-refractivity contribution is 6.30. The second kappa shape index (κ2) is 8.26. The van der Waals surface area contributed by atoms with Gasteiger partial charge in [0.15, 0.2) is 0 Å². The molecular formula is C21H27ClN4O. The molecule has 2 aromatic rings. The smallest absolute Gasteiger partial charge is 0.253 e. The first kappa shape index (κ1) is 19.6. The summed E-state index contributed by atoms with van der Waals surface area (Å²) in [6.45, 7) is 11.4. The number of hydrogen-bond acceptors (Lipinski definition) is 4. The van der Waals surface area contributed by atoms with E-state index in [4.69, 9.17) is 16.6 Å². The van der Waals surface area contributed by atoms with E-state index in [-0.39, 0.29) is 5.91 Å². The lowest BCUT2D eigenvalue weighted by molar-refractivity contribution is 0.0767. The fourth-order valence-electron chi connectivity index (χ4n) is 3.73. The topological polar surface area (TPSA) is 49.3 Å². The van der Waals surface area contributed by atoms with Crippen molar-refractivity contribution in [3.8, 4) is 0 Å². The maximum Gasteiger partial charge on any atom is 0.253 e. The van der Waals surface area contributed by atoms with Gasteiger partial charge < -0.3 is 9.80 Å². The van der Waals surface area contributed by atoms with Crippen LogP contribution in [0.3, 0.4) is 0 Å². The molecule has 1 saturated heterocycles. The molecule has 0 aliphatic carbocycles. The normalized spacial score (nSPS) is 15.2. The number of nitrogens with zero attached hydrogens (tertiary/aromatic N) is 4. The van der Waals surface area contributed by atoms with Gasteiger partial charge >= 0.3 is 0 Å². The van der Waals surface area contributed by atoms with E-state index in [1.54, 1.807) is 24.3 Å². The lowest BCUT2D eigenvalue weighted by Crippen LogP contribution is -2.35. The van der Waals surface area contributed by atoms with Crippen LogP contribution >= 0.6 is 11.6 Å². The SMILES string of the molecule is Cc1nc(C)c(C(C)C)c(N2CCCN(C(=O)c3ccc(Cl)cc3)CC2)n1. The molecule has 0 N–H and O–H groups in total. The minimum absolute atomic E-state index is 0.0626. The molecule has 0 radical (unpaired) electrons. The van der Waals surface area contributed by atoms with Crippen molar-refractivity contribution in [1.29, 1.82) is 0 Å². The Balaban J connectivity index is 1.79. The number of aromatic nitrogens is 2. The average Bonchev–Trinajstić information content (AvgIpc) is 2.86. The first-order chi connectivity index (χ1) is 12.9. The van der Waals surface area contributed by atoms with E-state index in [0.29, 0.717) is 23.0 Å². The Kier molecular flexibility index (Phi) is 6.00. The summed E-state index contributed by atoms with van der Waals surface area (Å²) in [6.07, 6.45) is 0.916. The maximum absolute atomic E-state index is 12.8. The van der Waals surface area contributed by atoms with Gasteiger partial charge in [-0.2, -0.15) is 0 Å².